The maximum atomic E-state index is 10.6. The van der Waals surface area contributed by atoms with Gasteiger partial charge in [-0.1, -0.05) is 20.8 Å². The zero-order valence-electron chi connectivity index (χ0n) is 11.4. The van der Waals surface area contributed by atoms with E-state index in [1.54, 1.807) is 0 Å². The molecule has 0 bridgehead atoms. The summed E-state index contributed by atoms with van der Waals surface area (Å²) in [7, 11) is 0. The number of rotatable bonds is 5. The van der Waals surface area contributed by atoms with Crippen molar-refractivity contribution in [2.24, 2.45) is 5.41 Å². The van der Waals surface area contributed by atoms with Gasteiger partial charge >= 0.3 is 5.69 Å². The second-order valence-electron chi connectivity index (χ2n) is 5.66. The van der Waals surface area contributed by atoms with Crippen LogP contribution < -0.4 is 11.1 Å². The summed E-state index contributed by atoms with van der Waals surface area (Å²) in [5.74, 6) is 0.274. The van der Waals surface area contributed by atoms with E-state index in [1.165, 1.54) is 12.1 Å². The number of aliphatic hydroxyl groups excluding tert-OH is 1. The van der Waals surface area contributed by atoms with E-state index in [4.69, 9.17) is 5.73 Å². The van der Waals surface area contributed by atoms with E-state index in [0.29, 0.717) is 18.8 Å². The Morgan fingerprint density at radius 1 is 1.53 bits per heavy atom. The number of aromatic nitrogens is 1. The number of pyridine rings is 1. The van der Waals surface area contributed by atoms with Crippen molar-refractivity contribution in [3.63, 3.8) is 0 Å². The van der Waals surface area contributed by atoms with Crippen LogP contribution in [0.1, 0.15) is 27.2 Å². The minimum Gasteiger partial charge on any atom is -0.391 e. The van der Waals surface area contributed by atoms with Gasteiger partial charge in [-0.25, -0.2) is 4.98 Å². The Morgan fingerprint density at radius 2 is 2.16 bits per heavy atom. The molecule has 1 heterocycles. The summed E-state index contributed by atoms with van der Waals surface area (Å²) in [5.41, 5.74) is 5.28. The van der Waals surface area contributed by atoms with Crippen LogP contribution in [-0.4, -0.2) is 27.7 Å². The standard InChI is InChI=1S/C12H20N4O3/c1-12(2,3)6-8(17)7-14-10-5-4-9(16(18)19)11(13)15-10/h4-5,8,17H,6-7H2,1-3H3,(H3,13,14,15). The molecule has 1 aromatic heterocycles. The number of nitrogens with zero attached hydrogens (tertiary/aromatic N) is 2. The molecule has 0 radical (unpaired) electrons. The summed E-state index contributed by atoms with van der Waals surface area (Å²) >= 11 is 0. The van der Waals surface area contributed by atoms with Gasteiger partial charge in [0.05, 0.1) is 11.0 Å². The Morgan fingerprint density at radius 3 is 2.63 bits per heavy atom. The molecule has 4 N–H and O–H groups in total. The van der Waals surface area contributed by atoms with Gasteiger partial charge in [-0.05, 0) is 17.9 Å². The first-order chi connectivity index (χ1) is 8.69. The summed E-state index contributed by atoms with van der Waals surface area (Å²) in [6.45, 7) is 6.44. The number of nitrogens with one attached hydrogen (secondary N) is 1. The summed E-state index contributed by atoms with van der Waals surface area (Å²) in [5, 5.41) is 23.3. The van der Waals surface area contributed by atoms with Crippen molar-refractivity contribution in [2.45, 2.75) is 33.3 Å². The number of anilines is 2. The highest BCUT2D eigenvalue weighted by Crippen LogP contribution is 2.22. The van der Waals surface area contributed by atoms with Gasteiger partial charge in [0.25, 0.3) is 0 Å². The first kappa shape index (κ1) is 15.2. The summed E-state index contributed by atoms with van der Waals surface area (Å²) < 4.78 is 0. The highest BCUT2D eigenvalue weighted by molar-refractivity contribution is 5.57. The monoisotopic (exact) mass is 268 g/mol. The van der Waals surface area contributed by atoms with Crippen molar-refractivity contribution in [2.75, 3.05) is 17.6 Å². The molecular weight excluding hydrogens is 248 g/mol. The SMILES string of the molecule is CC(C)(C)CC(O)CNc1ccc([N+](=O)[O-])c(N)n1. The second-order valence-corrected chi connectivity index (χ2v) is 5.66. The molecule has 1 rings (SSSR count). The van der Waals surface area contributed by atoms with Crippen molar-refractivity contribution >= 4 is 17.3 Å². The van der Waals surface area contributed by atoms with E-state index in [2.05, 4.69) is 10.3 Å². The smallest absolute Gasteiger partial charge is 0.311 e. The third-order valence-electron chi connectivity index (χ3n) is 2.47. The molecule has 0 aromatic carbocycles. The Kier molecular flexibility index (Phi) is 4.66. The Labute approximate surface area is 112 Å². The molecule has 1 unspecified atom stereocenters. The number of hydrogen-bond acceptors (Lipinski definition) is 6. The molecule has 0 fully saturated rings. The number of nitrogen functional groups attached to an aromatic ring is 1. The van der Waals surface area contributed by atoms with Gasteiger partial charge < -0.3 is 16.2 Å². The minimum atomic E-state index is -0.583. The van der Waals surface area contributed by atoms with Gasteiger partial charge in [0, 0.05) is 12.6 Å². The maximum Gasteiger partial charge on any atom is 0.311 e. The fraction of sp³-hybridized carbons (Fsp3) is 0.583. The van der Waals surface area contributed by atoms with Crippen molar-refractivity contribution in [1.82, 2.24) is 4.98 Å². The highest BCUT2D eigenvalue weighted by Gasteiger charge is 2.17. The lowest BCUT2D eigenvalue weighted by molar-refractivity contribution is -0.384. The fourth-order valence-electron chi connectivity index (χ4n) is 1.72. The molecule has 1 aromatic rings. The molecule has 0 aliphatic carbocycles. The lowest BCUT2D eigenvalue weighted by Gasteiger charge is -2.22. The van der Waals surface area contributed by atoms with Crippen molar-refractivity contribution in [1.29, 1.82) is 0 Å². The second kappa shape index (κ2) is 5.83. The topological polar surface area (TPSA) is 114 Å². The molecule has 1 atom stereocenters. The van der Waals surface area contributed by atoms with Crippen LogP contribution in [0.25, 0.3) is 0 Å². The molecular formula is C12H20N4O3. The van der Waals surface area contributed by atoms with Gasteiger partial charge in [-0.3, -0.25) is 10.1 Å². The van der Waals surface area contributed by atoms with E-state index in [-0.39, 0.29) is 16.9 Å². The number of aliphatic hydroxyl groups is 1. The van der Waals surface area contributed by atoms with Crippen LogP contribution in [0, 0.1) is 15.5 Å². The van der Waals surface area contributed by atoms with Crippen LogP contribution in [0.4, 0.5) is 17.3 Å². The van der Waals surface area contributed by atoms with Crippen molar-refractivity contribution in [3.8, 4) is 0 Å². The van der Waals surface area contributed by atoms with E-state index in [0.717, 1.165) is 0 Å². The van der Waals surface area contributed by atoms with Gasteiger partial charge in [0.15, 0.2) is 0 Å². The molecule has 0 aliphatic heterocycles. The predicted molar refractivity (Wildman–Crippen MR) is 73.9 cm³/mol. The normalized spacial score (nSPS) is 13.1. The van der Waals surface area contributed by atoms with Gasteiger partial charge in [0.2, 0.25) is 5.82 Å². The minimum absolute atomic E-state index is 0.0308. The van der Waals surface area contributed by atoms with E-state index in [9.17, 15) is 15.2 Å². The van der Waals surface area contributed by atoms with E-state index >= 15 is 0 Å². The molecule has 106 valence electrons. The molecule has 7 heteroatoms. The summed E-state index contributed by atoms with van der Waals surface area (Å²) in [6, 6.07) is 2.76. The zero-order chi connectivity index (χ0) is 14.6. The predicted octanol–water partition coefficient (Wildman–Crippen LogP) is 1.78. The number of nitro groups is 1. The van der Waals surface area contributed by atoms with Crippen LogP contribution >= 0.6 is 0 Å². The van der Waals surface area contributed by atoms with Gasteiger partial charge in [0.1, 0.15) is 5.82 Å². The molecule has 0 spiro atoms. The van der Waals surface area contributed by atoms with Crippen LogP contribution in [0.3, 0.4) is 0 Å². The molecule has 0 saturated carbocycles. The van der Waals surface area contributed by atoms with Crippen LogP contribution in [-0.2, 0) is 0 Å². The zero-order valence-corrected chi connectivity index (χ0v) is 11.4. The third-order valence-corrected chi connectivity index (χ3v) is 2.47. The largest absolute Gasteiger partial charge is 0.391 e. The number of hydrogen-bond donors (Lipinski definition) is 3. The van der Waals surface area contributed by atoms with Crippen molar-refractivity contribution < 1.29 is 10.0 Å². The number of nitrogens with two attached hydrogens (primary N) is 1. The van der Waals surface area contributed by atoms with E-state index in [1.807, 2.05) is 20.8 Å². The quantitative estimate of drug-likeness (QED) is 0.554. The average molecular weight is 268 g/mol. The highest BCUT2D eigenvalue weighted by atomic mass is 16.6. The third kappa shape index (κ3) is 5.09. The molecule has 0 aliphatic rings. The molecule has 19 heavy (non-hydrogen) atoms. The fourth-order valence-corrected chi connectivity index (χ4v) is 1.72. The average Bonchev–Trinajstić information content (AvgIpc) is 2.23. The van der Waals surface area contributed by atoms with Crippen LogP contribution in [0.15, 0.2) is 12.1 Å². The van der Waals surface area contributed by atoms with Crippen molar-refractivity contribution in [3.05, 3.63) is 22.2 Å². The lowest BCUT2D eigenvalue weighted by atomic mass is 9.89. The Bertz CT molecular complexity index is 457. The Balaban J connectivity index is 2.59. The maximum absolute atomic E-state index is 10.6. The molecule has 0 saturated heterocycles. The van der Waals surface area contributed by atoms with Crippen LogP contribution in [0.2, 0.25) is 0 Å². The molecule has 0 amide bonds. The van der Waals surface area contributed by atoms with Gasteiger partial charge in [-0.2, -0.15) is 0 Å². The first-order valence-electron chi connectivity index (χ1n) is 6.02. The summed E-state index contributed by atoms with van der Waals surface area (Å²) in [6.07, 6.45) is 0.126. The first-order valence-corrected chi connectivity index (χ1v) is 6.02. The Hall–Kier alpha value is -1.89. The van der Waals surface area contributed by atoms with E-state index < -0.39 is 11.0 Å². The summed E-state index contributed by atoms with van der Waals surface area (Å²) in [4.78, 5) is 13.9. The molecule has 7 nitrogen and oxygen atoms in total. The van der Waals surface area contributed by atoms with Gasteiger partial charge in [-0.15, -0.1) is 0 Å². The lowest BCUT2D eigenvalue weighted by Crippen LogP contribution is -2.25. The van der Waals surface area contributed by atoms with Crippen LogP contribution in [0.5, 0.6) is 0 Å².